The second kappa shape index (κ2) is 9.75. The number of pyridine rings is 1. The first-order valence-electron chi connectivity index (χ1n) is 9.09. The summed E-state index contributed by atoms with van der Waals surface area (Å²) in [5.74, 6) is -1.18. The molecule has 0 aliphatic carbocycles. The Balaban J connectivity index is 1.65. The number of nitrogens with zero attached hydrogens (tertiary/aromatic N) is 1. The second-order valence-electron chi connectivity index (χ2n) is 6.34. The number of nitrogens with one attached hydrogen (secondary N) is 3. The van der Waals surface area contributed by atoms with E-state index in [1.807, 2.05) is 0 Å². The number of urea groups is 1. The number of carbonyl (C=O) groups excluding carboxylic acids is 3. The number of hydrogen-bond donors (Lipinski definition) is 4. The first-order chi connectivity index (χ1) is 15.3. The van der Waals surface area contributed by atoms with Crippen molar-refractivity contribution in [2.75, 3.05) is 17.7 Å². The van der Waals surface area contributed by atoms with Crippen LogP contribution in [0.5, 0.6) is 11.5 Å². The Hall–Kier alpha value is -4.18. The number of nitrogens with two attached hydrogens (primary N) is 1. The molecule has 0 bridgehead atoms. The average molecular weight is 458 g/mol. The van der Waals surface area contributed by atoms with Gasteiger partial charge in [-0.15, -0.1) is 0 Å². The van der Waals surface area contributed by atoms with Crippen LogP contribution >= 0.6 is 11.6 Å². The van der Waals surface area contributed by atoms with Crippen molar-refractivity contribution in [1.82, 2.24) is 10.3 Å². The highest BCUT2D eigenvalue weighted by Gasteiger charge is 2.14. The fraction of sp³-hybridized carbons (Fsp3) is 0.0476. The SMILES string of the molecule is CNC(=O)c1cc(Oc2ccc(NC(=O)Nc3cc(C(N)=O)c(Cl)cc3F)cc2)ccn1. The van der Waals surface area contributed by atoms with Crippen LogP contribution in [0.3, 0.4) is 0 Å². The van der Waals surface area contributed by atoms with Crippen molar-refractivity contribution in [3.05, 3.63) is 76.8 Å². The maximum absolute atomic E-state index is 14.0. The van der Waals surface area contributed by atoms with E-state index < -0.39 is 17.8 Å². The maximum Gasteiger partial charge on any atom is 0.323 e. The summed E-state index contributed by atoms with van der Waals surface area (Å²) in [6.07, 6.45) is 1.44. The number of hydrogen-bond acceptors (Lipinski definition) is 5. The van der Waals surface area contributed by atoms with E-state index in [0.717, 1.165) is 12.1 Å². The Morgan fingerprint density at radius 2 is 1.75 bits per heavy atom. The summed E-state index contributed by atoms with van der Waals surface area (Å²) in [6.45, 7) is 0. The van der Waals surface area contributed by atoms with Gasteiger partial charge in [-0.2, -0.15) is 0 Å². The monoisotopic (exact) mass is 457 g/mol. The van der Waals surface area contributed by atoms with Gasteiger partial charge in [-0.1, -0.05) is 11.6 Å². The average Bonchev–Trinajstić information content (AvgIpc) is 2.76. The number of ether oxygens (including phenoxy) is 1. The number of anilines is 2. The number of primary amides is 1. The zero-order valence-electron chi connectivity index (χ0n) is 16.6. The minimum Gasteiger partial charge on any atom is -0.457 e. The van der Waals surface area contributed by atoms with Gasteiger partial charge in [-0.25, -0.2) is 9.18 Å². The molecule has 1 aromatic heterocycles. The summed E-state index contributed by atoms with van der Waals surface area (Å²) in [5, 5.41) is 7.12. The van der Waals surface area contributed by atoms with Crippen LogP contribution in [0, 0.1) is 5.82 Å². The third-order valence-electron chi connectivity index (χ3n) is 4.11. The second-order valence-corrected chi connectivity index (χ2v) is 6.74. The molecule has 2 aromatic carbocycles. The van der Waals surface area contributed by atoms with Crippen molar-refractivity contribution in [3.8, 4) is 11.5 Å². The van der Waals surface area contributed by atoms with Gasteiger partial charge in [0, 0.05) is 25.0 Å². The van der Waals surface area contributed by atoms with Crippen molar-refractivity contribution in [2.45, 2.75) is 0 Å². The molecule has 5 N–H and O–H groups in total. The smallest absolute Gasteiger partial charge is 0.323 e. The molecule has 3 rings (SSSR count). The molecule has 32 heavy (non-hydrogen) atoms. The molecule has 0 atom stereocenters. The topological polar surface area (TPSA) is 135 Å². The Kier molecular flexibility index (Phi) is 6.86. The minimum atomic E-state index is -0.856. The molecule has 4 amide bonds. The summed E-state index contributed by atoms with van der Waals surface area (Å²) in [6, 6.07) is 10.6. The van der Waals surface area contributed by atoms with Gasteiger partial charge < -0.3 is 26.4 Å². The Morgan fingerprint density at radius 1 is 1.03 bits per heavy atom. The first-order valence-corrected chi connectivity index (χ1v) is 9.47. The van der Waals surface area contributed by atoms with Crippen molar-refractivity contribution < 1.29 is 23.5 Å². The van der Waals surface area contributed by atoms with Crippen molar-refractivity contribution in [3.63, 3.8) is 0 Å². The van der Waals surface area contributed by atoms with Crippen LogP contribution in [-0.4, -0.2) is 29.9 Å². The summed E-state index contributed by atoms with van der Waals surface area (Å²) >= 11 is 5.76. The molecule has 3 aromatic rings. The van der Waals surface area contributed by atoms with E-state index in [0.29, 0.717) is 17.2 Å². The lowest BCUT2D eigenvalue weighted by molar-refractivity contribution is 0.0956. The summed E-state index contributed by atoms with van der Waals surface area (Å²) < 4.78 is 19.7. The largest absolute Gasteiger partial charge is 0.457 e. The molecular formula is C21H17ClFN5O4. The van der Waals surface area contributed by atoms with Crippen LogP contribution in [0.15, 0.2) is 54.7 Å². The van der Waals surface area contributed by atoms with Gasteiger partial charge in [-0.05, 0) is 42.5 Å². The Morgan fingerprint density at radius 3 is 2.41 bits per heavy atom. The zero-order chi connectivity index (χ0) is 23.3. The standard InChI is InChI=1S/C21H17ClFN5O4/c1-25-20(30)18-8-13(6-7-26-18)32-12-4-2-11(3-5-12)27-21(31)28-17-9-14(19(24)29)15(22)10-16(17)23/h2-10H,1H3,(H2,24,29)(H,25,30)(H2,27,28,31). The van der Waals surface area contributed by atoms with Gasteiger partial charge in [0.2, 0.25) is 5.91 Å². The number of aromatic nitrogens is 1. The highest BCUT2D eigenvalue weighted by molar-refractivity contribution is 6.34. The molecule has 11 heteroatoms. The number of rotatable bonds is 6. The molecule has 0 unspecified atom stereocenters. The minimum absolute atomic E-state index is 0.124. The predicted octanol–water partition coefficient (Wildman–Crippen LogP) is 3.77. The molecule has 164 valence electrons. The van der Waals surface area contributed by atoms with E-state index in [9.17, 15) is 18.8 Å². The molecule has 9 nitrogen and oxygen atoms in total. The Labute approximate surface area is 186 Å². The van der Waals surface area contributed by atoms with E-state index in [-0.39, 0.29) is 27.9 Å². The van der Waals surface area contributed by atoms with Gasteiger partial charge in [0.1, 0.15) is 23.0 Å². The molecule has 0 spiro atoms. The number of halogens is 2. The predicted molar refractivity (Wildman–Crippen MR) is 117 cm³/mol. The van der Waals surface area contributed by atoms with Crippen LogP contribution in [0.2, 0.25) is 5.02 Å². The number of amides is 4. The third-order valence-corrected chi connectivity index (χ3v) is 4.42. The van der Waals surface area contributed by atoms with Gasteiger partial charge in [0.25, 0.3) is 5.91 Å². The molecule has 0 fully saturated rings. The molecule has 0 saturated carbocycles. The lowest BCUT2D eigenvalue weighted by Crippen LogP contribution is -2.21. The van der Waals surface area contributed by atoms with Crippen molar-refractivity contribution in [1.29, 1.82) is 0 Å². The summed E-state index contributed by atoms with van der Waals surface area (Å²) in [7, 11) is 1.50. The van der Waals surface area contributed by atoms with Crippen molar-refractivity contribution >= 4 is 40.8 Å². The van der Waals surface area contributed by atoms with Crippen LogP contribution in [0.25, 0.3) is 0 Å². The van der Waals surface area contributed by atoms with E-state index >= 15 is 0 Å². The van der Waals surface area contributed by atoms with Gasteiger partial charge in [0.15, 0.2) is 0 Å². The highest BCUT2D eigenvalue weighted by atomic mass is 35.5. The van der Waals surface area contributed by atoms with Crippen LogP contribution in [0.4, 0.5) is 20.6 Å². The molecular weight excluding hydrogens is 441 g/mol. The lowest BCUT2D eigenvalue weighted by Gasteiger charge is -2.11. The van der Waals surface area contributed by atoms with Crippen LogP contribution in [0.1, 0.15) is 20.8 Å². The normalized spacial score (nSPS) is 10.2. The Bertz CT molecular complexity index is 1190. The molecule has 0 aliphatic heterocycles. The number of benzene rings is 2. The van der Waals surface area contributed by atoms with E-state index in [4.69, 9.17) is 22.1 Å². The molecule has 0 radical (unpaired) electrons. The zero-order valence-corrected chi connectivity index (χ0v) is 17.4. The van der Waals surface area contributed by atoms with E-state index in [1.165, 1.54) is 19.3 Å². The molecule has 1 heterocycles. The van der Waals surface area contributed by atoms with E-state index in [2.05, 4.69) is 20.9 Å². The third kappa shape index (κ3) is 5.49. The fourth-order valence-electron chi connectivity index (χ4n) is 2.59. The maximum atomic E-state index is 14.0. The van der Waals surface area contributed by atoms with Crippen LogP contribution in [-0.2, 0) is 0 Å². The molecule has 0 saturated heterocycles. The first kappa shape index (κ1) is 22.5. The quantitative estimate of drug-likeness (QED) is 0.446. The highest BCUT2D eigenvalue weighted by Crippen LogP contribution is 2.25. The van der Waals surface area contributed by atoms with Crippen molar-refractivity contribution in [2.24, 2.45) is 5.73 Å². The molecule has 0 aliphatic rings. The lowest BCUT2D eigenvalue weighted by atomic mass is 10.2. The van der Waals surface area contributed by atoms with Gasteiger partial charge in [0.05, 0.1) is 16.3 Å². The van der Waals surface area contributed by atoms with Gasteiger partial charge >= 0.3 is 6.03 Å². The van der Waals surface area contributed by atoms with Gasteiger partial charge in [-0.3, -0.25) is 14.6 Å². The summed E-state index contributed by atoms with van der Waals surface area (Å²) in [5.41, 5.74) is 5.39. The summed E-state index contributed by atoms with van der Waals surface area (Å²) in [4.78, 5) is 39.1. The van der Waals surface area contributed by atoms with E-state index in [1.54, 1.807) is 30.3 Å². The fourth-order valence-corrected chi connectivity index (χ4v) is 2.83. The number of carbonyl (C=O) groups is 3. The van der Waals surface area contributed by atoms with Crippen LogP contribution < -0.4 is 26.4 Å².